The molecule has 4 aromatic heterocycles. The van der Waals surface area contributed by atoms with E-state index in [2.05, 4.69) is 221 Å². The van der Waals surface area contributed by atoms with Crippen LogP contribution in [0.5, 0.6) is 0 Å². The van der Waals surface area contributed by atoms with Gasteiger partial charge in [0, 0.05) is 49.3 Å². The third-order valence-corrected chi connectivity index (χ3v) is 13.6. The molecule has 6 heteroatoms. The molecule has 0 saturated carbocycles. The van der Waals surface area contributed by atoms with E-state index < -0.39 is 0 Å². The molecule has 0 saturated heterocycles. The Labute approximate surface area is 396 Å². The number of benzene rings is 10. The van der Waals surface area contributed by atoms with Gasteiger partial charge in [-0.1, -0.05) is 182 Å². The summed E-state index contributed by atoms with van der Waals surface area (Å²) < 4.78 is 11.8. The van der Waals surface area contributed by atoms with E-state index in [9.17, 15) is 0 Å². The number of fused-ring (bicyclic) bond motifs is 10. The minimum atomic E-state index is 0.592. The molecule has 69 heavy (non-hydrogen) atoms. The van der Waals surface area contributed by atoms with Gasteiger partial charge in [0.05, 0.1) is 33.1 Å². The second-order valence-corrected chi connectivity index (χ2v) is 17.5. The summed E-state index contributed by atoms with van der Waals surface area (Å²) in [4.78, 5) is 15.7. The number of furan rings is 1. The van der Waals surface area contributed by atoms with Crippen LogP contribution >= 0.6 is 0 Å². The first-order valence-corrected chi connectivity index (χ1v) is 23.3. The van der Waals surface area contributed by atoms with Crippen molar-refractivity contribution in [2.45, 2.75) is 0 Å². The van der Waals surface area contributed by atoms with Crippen molar-refractivity contribution in [1.29, 1.82) is 0 Å². The van der Waals surface area contributed by atoms with Crippen LogP contribution < -0.4 is 0 Å². The van der Waals surface area contributed by atoms with E-state index in [1.165, 1.54) is 21.9 Å². The van der Waals surface area contributed by atoms with Gasteiger partial charge in [0.15, 0.2) is 23.1 Å². The summed E-state index contributed by atoms with van der Waals surface area (Å²) in [5.74, 6) is 1.80. The zero-order valence-corrected chi connectivity index (χ0v) is 37.2. The number of hydrogen-bond donors (Lipinski definition) is 0. The maximum atomic E-state index is 7.11. The van der Waals surface area contributed by atoms with E-state index >= 15 is 0 Å². The Balaban J connectivity index is 0.981. The third kappa shape index (κ3) is 6.23. The van der Waals surface area contributed by atoms with Crippen LogP contribution in [0.2, 0.25) is 0 Å². The lowest BCUT2D eigenvalue weighted by molar-refractivity contribution is 0.671. The molecular weight excluding hydrogens is 843 g/mol. The third-order valence-electron chi connectivity index (χ3n) is 13.6. The van der Waals surface area contributed by atoms with Crippen LogP contribution in [0.3, 0.4) is 0 Å². The van der Waals surface area contributed by atoms with Crippen LogP contribution in [0, 0.1) is 0 Å². The molecule has 0 atom stereocenters. The summed E-state index contributed by atoms with van der Waals surface area (Å²) in [7, 11) is 0. The van der Waals surface area contributed by atoms with Crippen molar-refractivity contribution in [2.24, 2.45) is 0 Å². The van der Waals surface area contributed by atoms with Gasteiger partial charge in [-0.25, -0.2) is 15.0 Å². The predicted octanol–water partition coefficient (Wildman–Crippen LogP) is 16.3. The fourth-order valence-electron chi connectivity index (χ4n) is 10.5. The summed E-state index contributed by atoms with van der Waals surface area (Å²) in [6, 6.07) is 83.1. The minimum Gasteiger partial charge on any atom is -0.454 e. The number of aromatic nitrogens is 5. The lowest BCUT2D eigenvalue weighted by atomic mass is 9.98. The van der Waals surface area contributed by atoms with Gasteiger partial charge in [-0.2, -0.15) is 0 Å². The summed E-state index contributed by atoms with van der Waals surface area (Å²) in [6.07, 6.45) is 0. The molecule has 0 fully saturated rings. The molecule has 0 spiro atoms. The van der Waals surface area contributed by atoms with Gasteiger partial charge in [-0.15, -0.1) is 0 Å². The topological polar surface area (TPSA) is 61.7 Å². The molecule has 4 heterocycles. The van der Waals surface area contributed by atoms with Gasteiger partial charge in [-0.3, -0.25) is 0 Å². The van der Waals surface area contributed by atoms with Crippen molar-refractivity contribution in [3.63, 3.8) is 0 Å². The Kier molecular flexibility index (Phi) is 8.79. The first kappa shape index (κ1) is 38.8. The Morgan fingerprint density at radius 2 is 0.826 bits per heavy atom. The van der Waals surface area contributed by atoms with Gasteiger partial charge in [-0.05, 0) is 76.9 Å². The van der Waals surface area contributed by atoms with Crippen molar-refractivity contribution in [1.82, 2.24) is 24.1 Å². The van der Waals surface area contributed by atoms with Gasteiger partial charge < -0.3 is 13.6 Å². The van der Waals surface area contributed by atoms with E-state index in [4.69, 9.17) is 19.4 Å². The number of para-hydroxylation sites is 3. The average Bonchev–Trinajstić information content (AvgIpc) is 4.10. The minimum absolute atomic E-state index is 0.592. The number of rotatable bonds is 7. The molecule has 322 valence electrons. The van der Waals surface area contributed by atoms with Crippen molar-refractivity contribution in [3.8, 4) is 67.8 Å². The molecular formula is C63H39N5O. The van der Waals surface area contributed by atoms with E-state index in [1.807, 2.05) is 24.3 Å². The lowest BCUT2D eigenvalue weighted by Crippen LogP contribution is -2.00. The SMILES string of the molecule is c1ccc(-c2cccc(-c3ccc(-c4nc(-c5ccccc5)nc(-c5cccc6c5c5ccc7c(oc8cccc(-n9c%10ccccc%10c%10ccccc%109)c87)c5n6-c5ccccc5)n4)cc3)c2)cc1. The van der Waals surface area contributed by atoms with E-state index in [0.717, 1.165) is 94.0 Å². The van der Waals surface area contributed by atoms with Crippen LogP contribution in [-0.2, 0) is 0 Å². The molecule has 14 aromatic rings. The highest BCUT2D eigenvalue weighted by molar-refractivity contribution is 6.25. The van der Waals surface area contributed by atoms with Crippen molar-refractivity contribution in [3.05, 3.63) is 237 Å². The fraction of sp³-hybridized carbons (Fsp3) is 0. The first-order valence-electron chi connectivity index (χ1n) is 23.3. The molecule has 0 aliphatic carbocycles. The van der Waals surface area contributed by atoms with Gasteiger partial charge in [0.1, 0.15) is 5.58 Å². The quantitative estimate of drug-likeness (QED) is 0.160. The maximum absolute atomic E-state index is 7.11. The fourth-order valence-corrected chi connectivity index (χ4v) is 10.5. The highest BCUT2D eigenvalue weighted by Crippen LogP contribution is 2.45. The molecule has 0 radical (unpaired) electrons. The van der Waals surface area contributed by atoms with Crippen LogP contribution in [-0.4, -0.2) is 24.1 Å². The maximum Gasteiger partial charge on any atom is 0.164 e. The number of hydrogen-bond acceptors (Lipinski definition) is 4. The van der Waals surface area contributed by atoms with E-state index in [1.54, 1.807) is 0 Å². The smallest absolute Gasteiger partial charge is 0.164 e. The standard InChI is InChI=1S/C63H39N5O/c1-4-17-40(18-5-1)44-21-14-22-45(39-44)41-33-35-43(36-34-41)62-64-61(42-19-6-2-7-20-42)65-63(66-62)51-27-15-30-54-57(51)49-37-38-50-58-55(68-52-28-12-10-25-47(52)48-26-11-13-29-53(48)68)31-16-32-56(58)69-60(50)59(49)67(54)46-23-8-3-9-24-46/h1-39H. The second-order valence-electron chi connectivity index (χ2n) is 17.5. The summed E-state index contributed by atoms with van der Waals surface area (Å²) in [6.45, 7) is 0. The highest BCUT2D eigenvalue weighted by Gasteiger charge is 2.25. The molecule has 10 aromatic carbocycles. The summed E-state index contributed by atoms with van der Waals surface area (Å²) in [5, 5.41) is 6.62. The molecule has 0 amide bonds. The van der Waals surface area contributed by atoms with Crippen molar-refractivity contribution in [2.75, 3.05) is 0 Å². The summed E-state index contributed by atoms with van der Waals surface area (Å²) >= 11 is 0. The zero-order chi connectivity index (χ0) is 45.4. The molecule has 6 nitrogen and oxygen atoms in total. The van der Waals surface area contributed by atoms with Gasteiger partial charge >= 0.3 is 0 Å². The zero-order valence-electron chi connectivity index (χ0n) is 37.2. The Morgan fingerprint density at radius 3 is 1.52 bits per heavy atom. The molecule has 0 aliphatic rings. The van der Waals surface area contributed by atoms with Crippen molar-refractivity contribution < 1.29 is 4.42 Å². The molecule has 0 unspecified atom stereocenters. The Bertz CT molecular complexity index is 4230. The Hall–Kier alpha value is -9.39. The van der Waals surface area contributed by atoms with Crippen molar-refractivity contribution >= 4 is 65.6 Å². The van der Waals surface area contributed by atoms with E-state index in [0.29, 0.717) is 17.5 Å². The normalized spacial score (nSPS) is 11.8. The van der Waals surface area contributed by atoms with Crippen LogP contribution in [0.25, 0.3) is 133 Å². The molecule has 0 aliphatic heterocycles. The van der Waals surface area contributed by atoms with Gasteiger partial charge in [0.25, 0.3) is 0 Å². The predicted molar refractivity (Wildman–Crippen MR) is 283 cm³/mol. The van der Waals surface area contributed by atoms with Crippen LogP contribution in [0.4, 0.5) is 0 Å². The van der Waals surface area contributed by atoms with Gasteiger partial charge in [0.2, 0.25) is 0 Å². The summed E-state index contributed by atoms with van der Waals surface area (Å²) in [5.41, 5.74) is 15.4. The average molecular weight is 882 g/mol. The monoisotopic (exact) mass is 881 g/mol. The molecule has 14 rings (SSSR count). The molecule has 0 bridgehead atoms. The Morgan fingerprint density at radius 1 is 0.319 bits per heavy atom. The number of nitrogens with zero attached hydrogens (tertiary/aromatic N) is 5. The largest absolute Gasteiger partial charge is 0.454 e. The second kappa shape index (κ2) is 15.6. The van der Waals surface area contributed by atoms with Crippen LogP contribution in [0.1, 0.15) is 0 Å². The molecule has 0 N–H and O–H groups in total. The first-order chi connectivity index (χ1) is 34.2. The van der Waals surface area contributed by atoms with E-state index in [-0.39, 0.29) is 0 Å². The lowest BCUT2D eigenvalue weighted by Gasteiger charge is -2.11. The highest BCUT2D eigenvalue weighted by atomic mass is 16.3. The van der Waals surface area contributed by atoms with Crippen LogP contribution in [0.15, 0.2) is 241 Å².